The number of hydrogen-bond acceptors (Lipinski definition) is 2. The maximum Gasteiger partial charge on any atom is 0.307 e. The molecule has 4 heteroatoms. The van der Waals surface area contributed by atoms with E-state index in [2.05, 4.69) is 0 Å². The highest BCUT2D eigenvalue weighted by Crippen LogP contribution is 2.38. The van der Waals surface area contributed by atoms with Gasteiger partial charge < -0.3 is 9.52 Å². The lowest BCUT2D eigenvalue weighted by atomic mass is 10.1. The Hall–Kier alpha value is -1.48. The fourth-order valence-electron chi connectivity index (χ4n) is 2.29. The average Bonchev–Trinajstić information content (AvgIpc) is 2.76. The Morgan fingerprint density at radius 2 is 2.25 bits per heavy atom. The van der Waals surface area contributed by atoms with E-state index in [1.54, 1.807) is 6.07 Å². The normalized spacial score (nSPS) is 18.9. The fraction of sp³-hybridized carbons (Fsp3) is 0.250. The summed E-state index contributed by atoms with van der Waals surface area (Å²) in [5.74, 6) is -0.339. The predicted molar refractivity (Wildman–Crippen MR) is 59.8 cm³/mol. The second kappa shape index (κ2) is 3.25. The molecule has 1 aliphatic rings. The summed E-state index contributed by atoms with van der Waals surface area (Å²) < 4.78 is 5.63. The van der Waals surface area contributed by atoms with Crippen molar-refractivity contribution in [3.63, 3.8) is 0 Å². The maximum atomic E-state index is 10.9. The van der Waals surface area contributed by atoms with E-state index in [1.807, 2.05) is 12.1 Å². The number of para-hydroxylation sites is 1. The van der Waals surface area contributed by atoms with Crippen molar-refractivity contribution in [2.45, 2.75) is 12.8 Å². The van der Waals surface area contributed by atoms with Gasteiger partial charge in [-0.05, 0) is 12.5 Å². The Bertz CT molecular complexity index is 585. The van der Waals surface area contributed by atoms with Gasteiger partial charge in [0.15, 0.2) is 5.58 Å². The van der Waals surface area contributed by atoms with Crippen molar-refractivity contribution in [1.82, 2.24) is 0 Å². The topological polar surface area (TPSA) is 50.4 Å². The number of benzene rings is 1. The van der Waals surface area contributed by atoms with Crippen LogP contribution in [0.25, 0.3) is 11.0 Å². The van der Waals surface area contributed by atoms with Crippen LogP contribution < -0.4 is 0 Å². The average molecular weight is 237 g/mol. The monoisotopic (exact) mass is 236 g/mol. The fourth-order valence-corrected chi connectivity index (χ4v) is 2.50. The second-order valence-electron chi connectivity index (χ2n) is 4.06. The van der Waals surface area contributed by atoms with Crippen molar-refractivity contribution >= 4 is 28.5 Å². The van der Waals surface area contributed by atoms with Crippen LogP contribution in [0.2, 0.25) is 5.02 Å². The molecule has 1 aliphatic carbocycles. The van der Waals surface area contributed by atoms with Crippen LogP contribution in [-0.4, -0.2) is 11.1 Å². The molecule has 1 atom stereocenters. The lowest BCUT2D eigenvalue weighted by molar-refractivity contribution is -0.141. The highest BCUT2D eigenvalue weighted by molar-refractivity contribution is 6.34. The van der Waals surface area contributed by atoms with E-state index in [0.29, 0.717) is 23.4 Å². The summed E-state index contributed by atoms with van der Waals surface area (Å²) in [7, 11) is 0. The van der Waals surface area contributed by atoms with Crippen LogP contribution in [0.1, 0.15) is 11.3 Å². The van der Waals surface area contributed by atoms with Gasteiger partial charge in [-0.3, -0.25) is 4.79 Å². The number of aliphatic carboxylic acids is 1. The van der Waals surface area contributed by atoms with E-state index in [-0.39, 0.29) is 5.92 Å². The number of carboxylic acid groups (broad SMARTS) is 1. The number of hydrogen-bond donors (Lipinski definition) is 1. The van der Waals surface area contributed by atoms with Crippen molar-refractivity contribution in [1.29, 1.82) is 0 Å². The van der Waals surface area contributed by atoms with Crippen LogP contribution in [0.15, 0.2) is 22.6 Å². The van der Waals surface area contributed by atoms with Gasteiger partial charge >= 0.3 is 5.97 Å². The quantitative estimate of drug-likeness (QED) is 0.828. The highest BCUT2D eigenvalue weighted by Gasteiger charge is 2.32. The third-order valence-electron chi connectivity index (χ3n) is 3.09. The molecule has 3 rings (SSSR count). The van der Waals surface area contributed by atoms with Gasteiger partial charge in [-0.25, -0.2) is 0 Å². The van der Waals surface area contributed by atoms with E-state index in [0.717, 1.165) is 16.7 Å². The number of halogens is 1. The molecule has 1 aromatic carbocycles. The molecule has 1 N–H and O–H groups in total. The van der Waals surface area contributed by atoms with E-state index in [1.165, 1.54) is 0 Å². The molecule has 0 aliphatic heterocycles. The molecule has 16 heavy (non-hydrogen) atoms. The van der Waals surface area contributed by atoms with E-state index >= 15 is 0 Å². The molecule has 0 fully saturated rings. The Kier molecular flexibility index (Phi) is 1.98. The standard InChI is InChI=1S/C12H9ClO3/c13-9-3-1-2-7-8-4-6(12(14)15)5-10(8)16-11(7)9/h1-3,6H,4-5H2,(H,14,15). The molecular weight excluding hydrogens is 228 g/mol. The summed E-state index contributed by atoms with van der Waals surface area (Å²) in [6.45, 7) is 0. The van der Waals surface area contributed by atoms with Crippen LogP contribution in [0.3, 0.4) is 0 Å². The molecule has 1 unspecified atom stereocenters. The van der Waals surface area contributed by atoms with Gasteiger partial charge in [0.2, 0.25) is 0 Å². The summed E-state index contributed by atoms with van der Waals surface area (Å²) >= 11 is 6.01. The van der Waals surface area contributed by atoms with Crippen LogP contribution >= 0.6 is 11.6 Å². The molecule has 0 spiro atoms. The Balaban J connectivity index is 2.15. The molecule has 0 bridgehead atoms. The summed E-state index contributed by atoms with van der Waals surface area (Å²) in [5, 5.41) is 10.5. The number of fused-ring (bicyclic) bond motifs is 3. The molecule has 1 heterocycles. The maximum absolute atomic E-state index is 10.9. The zero-order chi connectivity index (χ0) is 11.3. The van der Waals surface area contributed by atoms with Gasteiger partial charge in [0, 0.05) is 17.4 Å². The molecule has 3 nitrogen and oxygen atoms in total. The first-order valence-corrected chi connectivity index (χ1v) is 5.46. The van der Waals surface area contributed by atoms with Crippen LogP contribution in [0.5, 0.6) is 0 Å². The zero-order valence-corrected chi connectivity index (χ0v) is 9.12. The summed E-state index contributed by atoms with van der Waals surface area (Å²) in [6.07, 6.45) is 1.01. The Morgan fingerprint density at radius 3 is 3.00 bits per heavy atom. The number of carbonyl (C=O) groups is 1. The first-order valence-electron chi connectivity index (χ1n) is 5.08. The SMILES string of the molecule is O=C(O)C1Cc2oc3c(Cl)cccc3c2C1. The van der Waals surface area contributed by atoms with Gasteiger partial charge in [-0.1, -0.05) is 23.7 Å². The lowest BCUT2D eigenvalue weighted by Crippen LogP contribution is -2.13. The molecule has 1 aromatic heterocycles. The summed E-state index contributed by atoms with van der Waals surface area (Å²) in [5.41, 5.74) is 1.68. The number of furan rings is 1. The van der Waals surface area contributed by atoms with Gasteiger partial charge in [0.1, 0.15) is 5.76 Å². The smallest absolute Gasteiger partial charge is 0.307 e. The van der Waals surface area contributed by atoms with Crippen molar-refractivity contribution in [2.75, 3.05) is 0 Å². The lowest BCUT2D eigenvalue weighted by Gasteiger charge is -2.01. The zero-order valence-electron chi connectivity index (χ0n) is 8.37. The molecule has 0 radical (unpaired) electrons. The number of carboxylic acids is 1. The van der Waals surface area contributed by atoms with Crippen LogP contribution in [0.4, 0.5) is 0 Å². The van der Waals surface area contributed by atoms with E-state index in [9.17, 15) is 4.79 Å². The molecule has 2 aromatic rings. The van der Waals surface area contributed by atoms with Crippen molar-refractivity contribution in [3.8, 4) is 0 Å². The Morgan fingerprint density at radius 1 is 1.44 bits per heavy atom. The molecule has 0 amide bonds. The highest BCUT2D eigenvalue weighted by atomic mass is 35.5. The molecule has 0 saturated carbocycles. The number of rotatable bonds is 1. The molecule has 82 valence electrons. The minimum Gasteiger partial charge on any atom is -0.481 e. The predicted octanol–water partition coefficient (Wildman–Crippen LogP) is 2.89. The summed E-state index contributed by atoms with van der Waals surface area (Å²) in [6, 6.07) is 5.56. The van der Waals surface area contributed by atoms with E-state index in [4.69, 9.17) is 21.1 Å². The first-order chi connectivity index (χ1) is 7.66. The van der Waals surface area contributed by atoms with Crippen molar-refractivity contribution < 1.29 is 14.3 Å². The summed E-state index contributed by atoms with van der Waals surface area (Å²) in [4.78, 5) is 10.9. The largest absolute Gasteiger partial charge is 0.481 e. The minimum absolute atomic E-state index is 0.350. The van der Waals surface area contributed by atoms with Crippen LogP contribution in [0, 0.1) is 5.92 Å². The van der Waals surface area contributed by atoms with Crippen LogP contribution in [-0.2, 0) is 17.6 Å². The molecular formula is C12H9ClO3. The third-order valence-corrected chi connectivity index (χ3v) is 3.38. The first kappa shape index (κ1) is 9.73. The van der Waals surface area contributed by atoms with Crippen molar-refractivity contribution in [2.24, 2.45) is 5.92 Å². The Labute approximate surface area is 96.6 Å². The van der Waals surface area contributed by atoms with Gasteiger partial charge in [-0.15, -0.1) is 0 Å². The van der Waals surface area contributed by atoms with E-state index < -0.39 is 5.97 Å². The second-order valence-corrected chi connectivity index (χ2v) is 4.47. The van der Waals surface area contributed by atoms with Gasteiger partial charge in [0.05, 0.1) is 10.9 Å². The third kappa shape index (κ3) is 1.25. The van der Waals surface area contributed by atoms with Crippen molar-refractivity contribution in [3.05, 3.63) is 34.5 Å². The minimum atomic E-state index is -0.762. The van der Waals surface area contributed by atoms with Gasteiger partial charge in [0.25, 0.3) is 0 Å². The van der Waals surface area contributed by atoms with Gasteiger partial charge in [-0.2, -0.15) is 0 Å². The molecule has 0 saturated heterocycles.